The molecule has 0 saturated heterocycles. The predicted molar refractivity (Wildman–Crippen MR) is 179 cm³/mol. The lowest BCUT2D eigenvalue weighted by molar-refractivity contribution is -0.115. The zero-order valence-corrected chi connectivity index (χ0v) is 26.2. The summed E-state index contributed by atoms with van der Waals surface area (Å²) in [6, 6.07) is 27.2. The SMILES string of the molecule is COc1cccc(-c2csc(NC(=O)C(C)Sc3ccc(NC(=O)/C(=C/c4cccs4)NC(=O)c4ccccc4)cc3)n2)c1. The van der Waals surface area contributed by atoms with Gasteiger partial charge in [0.25, 0.3) is 11.8 Å². The number of amides is 3. The molecule has 44 heavy (non-hydrogen) atoms. The van der Waals surface area contributed by atoms with Crippen LogP contribution in [-0.4, -0.2) is 35.1 Å². The molecule has 5 aromatic rings. The number of rotatable bonds is 11. The number of methoxy groups -OCH3 is 1. The van der Waals surface area contributed by atoms with Crippen molar-refractivity contribution in [3.05, 3.63) is 118 Å². The summed E-state index contributed by atoms with van der Waals surface area (Å²) in [4.78, 5) is 45.1. The molecule has 0 aliphatic carbocycles. The largest absolute Gasteiger partial charge is 0.497 e. The number of nitrogens with one attached hydrogen (secondary N) is 3. The van der Waals surface area contributed by atoms with Gasteiger partial charge in [0.1, 0.15) is 11.4 Å². The number of carbonyl (C=O) groups is 3. The van der Waals surface area contributed by atoms with Gasteiger partial charge >= 0.3 is 0 Å². The molecule has 3 aromatic carbocycles. The third-order valence-corrected chi connectivity index (χ3v) is 8.94. The van der Waals surface area contributed by atoms with Crippen molar-refractivity contribution < 1.29 is 19.1 Å². The summed E-state index contributed by atoms with van der Waals surface area (Å²) in [7, 11) is 1.62. The van der Waals surface area contributed by atoms with E-state index in [1.165, 1.54) is 34.4 Å². The highest BCUT2D eigenvalue weighted by molar-refractivity contribution is 8.00. The first-order chi connectivity index (χ1) is 21.4. The average molecular weight is 641 g/mol. The van der Waals surface area contributed by atoms with E-state index in [2.05, 4.69) is 20.9 Å². The summed E-state index contributed by atoms with van der Waals surface area (Å²) in [5.74, 6) is -0.261. The summed E-state index contributed by atoms with van der Waals surface area (Å²) in [5, 5.41) is 12.4. The molecule has 3 amide bonds. The molecule has 8 nitrogen and oxygen atoms in total. The third-order valence-electron chi connectivity index (χ3n) is 6.25. The fourth-order valence-corrected chi connectivity index (χ4v) is 6.23. The molecule has 0 saturated carbocycles. The Hall–Kier alpha value is -4.71. The fourth-order valence-electron chi connectivity index (χ4n) is 3.98. The molecule has 1 unspecified atom stereocenters. The molecule has 222 valence electrons. The minimum Gasteiger partial charge on any atom is -0.497 e. The van der Waals surface area contributed by atoms with E-state index in [1.807, 2.05) is 72.3 Å². The van der Waals surface area contributed by atoms with E-state index in [4.69, 9.17) is 4.74 Å². The Kier molecular flexibility index (Phi) is 10.2. The Labute approximate surface area is 267 Å². The summed E-state index contributed by atoms with van der Waals surface area (Å²) >= 11 is 4.21. The van der Waals surface area contributed by atoms with Crippen LogP contribution in [0.5, 0.6) is 5.75 Å². The minimum absolute atomic E-state index is 0.127. The van der Waals surface area contributed by atoms with Gasteiger partial charge in [0.15, 0.2) is 5.13 Å². The Morgan fingerprint density at radius 1 is 0.909 bits per heavy atom. The number of ether oxygens (including phenoxy) is 1. The zero-order chi connectivity index (χ0) is 30.9. The zero-order valence-electron chi connectivity index (χ0n) is 23.8. The second kappa shape index (κ2) is 14.6. The van der Waals surface area contributed by atoms with Crippen LogP contribution >= 0.6 is 34.4 Å². The highest BCUT2D eigenvalue weighted by atomic mass is 32.2. The van der Waals surface area contributed by atoms with Crippen molar-refractivity contribution in [2.75, 3.05) is 17.7 Å². The van der Waals surface area contributed by atoms with Crippen LogP contribution in [0.4, 0.5) is 10.8 Å². The standard InChI is InChI=1S/C33H28N4O4S3/c1-21(30(38)37-33-36-29(20-43-33)23-10-6-11-25(18-23)41-2)44-26-15-13-24(14-16-26)34-32(40)28(19-27-12-7-17-42-27)35-31(39)22-8-4-3-5-9-22/h3-21H,1-2H3,(H,34,40)(H,35,39)(H,36,37,38)/b28-19-. The van der Waals surface area contributed by atoms with Gasteiger partial charge in [-0.2, -0.15) is 0 Å². The third kappa shape index (κ3) is 8.22. The molecule has 5 rings (SSSR count). The topological polar surface area (TPSA) is 109 Å². The molecule has 0 spiro atoms. The number of thioether (sulfide) groups is 1. The highest BCUT2D eigenvalue weighted by Gasteiger charge is 2.18. The summed E-state index contributed by atoms with van der Waals surface area (Å²) < 4.78 is 5.29. The summed E-state index contributed by atoms with van der Waals surface area (Å²) in [5.41, 5.74) is 2.79. The molecule has 0 aliphatic heterocycles. The predicted octanol–water partition coefficient (Wildman–Crippen LogP) is 7.41. The lowest BCUT2D eigenvalue weighted by Gasteiger charge is -2.13. The second-order valence-electron chi connectivity index (χ2n) is 9.39. The first kappa shape index (κ1) is 30.7. The lowest BCUT2D eigenvalue weighted by Crippen LogP contribution is -2.30. The van der Waals surface area contributed by atoms with E-state index in [1.54, 1.807) is 49.6 Å². The minimum atomic E-state index is -0.451. The number of anilines is 2. The number of hydrogen-bond acceptors (Lipinski definition) is 8. The summed E-state index contributed by atoms with van der Waals surface area (Å²) in [6.45, 7) is 1.82. The normalized spacial score (nSPS) is 11.8. The maximum Gasteiger partial charge on any atom is 0.272 e. The molecular weight excluding hydrogens is 613 g/mol. The molecule has 0 radical (unpaired) electrons. The molecule has 2 aromatic heterocycles. The Balaban J connectivity index is 1.18. The van der Waals surface area contributed by atoms with E-state index in [9.17, 15) is 14.4 Å². The first-order valence-electron chi connectivity index (χ1n) is 13.5. The molecular formula is C33H28N4O4S3. The van der Waals surface area contributed by atoms with Crippen LogP contribution in [0.15, 0.2) is 112 Å². The highest BCUT2D eigenvalue weighted by Crippen LogP contribution is 2.29. The van der Waals surface area contributed by atoms with Crippen LogP contribution < -0.4 is 20.7 Å². The van der Waals surface area contributed by atoms with Crippen molar-refractivity contribution in [2.24, 2.45) is 0 Å². The van der Waals surface area contributed by atoms with E-state index < -0.39 is 11.2 Å². The number of thiophene rings is 1. The number of thiazole rings is 1. The van der Waals surface area contributed by atoms with Gasteiger partial charge in [0, 0.05) is 32.0 Å². The van der Waals surface area contributed by atoms with E-state index >= 15 is 0 Å². The van der Waals surface area contributed by atoms with Crippen molar-refractivity contribution in [2.45, 2.75) is 17.1 Å². The lowest BCUT2D eigenvalue weighted by atomic mass is 10.2. The molecule has 0 aliphatic rings. The van der Waals surface area contributed by atoms with Crippen LogP contribution in [0.25, 0.3) is 17.3 Å². The van der Waals surface area contributed by atoms with Crippen molar-refractivity contribution in [1.29, 1.82) is 0 Å². The number of nitrogens with zero attached hydrogens (tertiary/aromatic N) is 1. The van der Waals surface area contributed by atoms with Crippen molar-refractivity contribution >= 4 is 69.1 Å². The van der Waals surface area contributed by atoms with Crippen LogP contribution in [0.1, 0.15) is 22.2 Å². The number of hydrogen-bond donors (Lipinski definition) is 3. The van der Waals surface area contributed by atoms with Crippen LogP contribution in [0.2, 0.25) is 0 Å². The number of benzene rings is 3. The molecule has 1 atom stereocenters. The quantitative estimate of drug-likeness (QED) is 0.103. The van der Waals surface area contributed by atoms with Gasteiger partial charge in [-0.25, -0.2) is 4.98 Å². The van der Waals surface area contributed by atoms with Crippen molar-refractivity contribution in [3.63, 3.8) is 0 Å². The first-order valence-corrected chi connectivity index (χ1v) is 16.1. The van der Waals surface area contributed by atoms with Gasteiger partial charge in [-0.15, -0.1) is 34.4 Å². The average Bonchev–Trinajstić information content (AvgIpc) is 3.74. The number of carbonyl (C=O) groups excluding carboxylic acids is 3. The van der Waals surface area contributed by atoms with Gasteiger partial charge in [0.2, 0.25) is 5.91 Å². The van der Waals surface area contributed by atoms with Crippen LogP contribution in [0.3, 0.4) is 0 Å². The number of aromatic nitrogens is 1. The van der Waals surface area contributed by atoms with Gasteiger partial charge in [-0.3, -0.25) is 14.4 Å². The smallest absolute Gasteiger partial charge is 0.272 e. The second-order valence-corrected chi connectivity index (χ2v) is 12.6. The summed E-state index contributed by atoms with van der Waals surface area (Å²) in [6.07, 6.45) is 1.65. The monoisotopic (exact) mass is 640 g/mol. The van der Waals surface area contributed by atoms with Gasteiger partial charge in [0.05, 0.1) is 18.1 Å². The van der Waals surface area contributed by atoms with Gasteiger partial charge in [-0.05, 0) is 73.0 Å². The molecule has 11 heteroatoms. The molecule has 3 N–H and O–H groups in total. The van der Waals surface area contributed by atoms with Crippen LogP contribution in [-0.2, 0) is 9.59 Å². The van der Waals surface area contributed by atoms with Gasteiger partial charge < -0.3 is 20.7 Å². The fraction of sp³-hybridized carbons (Fsp3) is 0.0909. The molecule has 0 bridgehead atoms. The van der Waals surface area contributed by atoms with E-state index in [0.29, 0.717) is 16.4 Å². The van der Waals surface area contributed by atoms with Crippen LogP contribution in [0, 0.1) is 0 Å². The molecule has 2 heterocycles. The maximum absolute atomic E-state index is 13.2. The van der Waals surface area contributed by atoms with Crippen molar-refractivity contribution in [3.8, 4) is 17.0 Å². The Morgan fingerprint density at radius 2 is 1.70 bits per heavy atom. The molecule has 0 fully saturated rings. The Bertz CT molecular complexity index is 1770. The van der Waals surface area contributed by atoms with Gasteiger partial charge in [-0.1, -0.05) is 36.4 Å². The van der Waals surface area contributed by atoms with E-state index in [0.717, 1.165) is 26.8 Å². The Morgan fingerprint density at radius 3 is 2.43 bits per heavy atom. The maximum atomic E-state index is 13.2. The van der Waals surface area contributed by atoms with Crippen molar-refractivity contribution in [1.82, 2.24) is 10.3 Å². The van der Waals surface area contributed by atoms with E-state index in [-0.39, 0.29) is 17.5 Å².